The van der Waals surface area contributed by atoms with Crippen LogP contribution < -0.4 is 10.2 Å². The van der Waals surface area contributed by atoms with Gasteiger partial charge in [-0.25, -0.2) is 0 Å². The zero-order chi connectivity index (χ0) is 18.4. The number of hydrogen-bond donors (Lipinski definition) is 1. The summed E-state index contributed by atoms with van der Waals surface area (Å²) < 4.78 is 5.34. The molecular weight excluding hydrogens is 352 g/mol. The smallest absolute Gasteiger partial charge is 0.224 e. The highest BCUT2D eigenvalue weighted by atomic mass is 35.5. The molecule has 1 heterocycles. The lowest BCUT2D eigenvalue weighted by molar-refractivity contribution is -0.120. The molecule has 0 spiro atoms. The van der Waals surface area contributed by atoms with Crippen LogP contribution in [0.3, 0.4) is 0 Å². The maximum absolute atomic E-state index is 12.3. The summed E-state index contributed by atoms with van der Waals surface area (Å²) in [5, 5.41) is 3.21. The van der Waals surface area contributed by atoms with Gasteiger partial charge in [-0.3, -0.25) is 9.59 Å². The van der Waals surface area contributed by atoms with Crippen molar-refractivity contribution in [1.82, 2.24) is 5.32 Å². The summed E-state index contributed by atoms with van der Waals surface area (Å²) in [7, 11) is 0. The fourth-order valence-electron chi connectivity index (χ4n) is 2.84. The zero-order valence-electron chi connectivity index (χ0n) is 14.4. The molecule has 1 amide bonds. The molecule has 6 heteroatoms. The Balaban J connectivity index is 1.51. The number of hydrogen-bond acceptors (Lipinski definition) is 4. The molecule has 1 N–H and O–H groups in total. The van der Waals surface area contributed by atoms with Crippen LogP contribution in [0.25, 0.3) is 0 Å². The van der Waals surface area contributed by atoms with Crippen LogP contribution >= 0.6 is 11.6 Å². The number of benzene rings is 2. The van der Waals surface area contributed by atoms with Gasteiger partial charge in [0.05, 0.1) is 26.2 Å². The van der Waals surface area contributed by atoms with E-state index in [1.54, 1.807) is 24.3 Å². The summed E-state index contributed by atoms with van der Waals surface area (Å²) >= 11 is 6.05. The van der Waals surface area contributed by atoms with E-state index in [-0.39, 0.29) is 24.7 Å². The van der Waals surface area contributed by atoms with Crippen molar-refractivity contribution in [2.24, 2.45) is 0 Å². The van der Waals surface area contributed by atoms with Crippen molar-refractivity contribution in [2.75, 3.05) is 37.7 Å². The fraction of sp³-hybridized carbons (Fsp3) is 0.300. The molecule has 0 atom stereocenters. The third-order valence-electron chi connectivity index (χ3n) is 4.32. The second-order valence-corrected chi connectivity index (χ2v) is 6.52. The molecule has 1 aliphatic heterocycles. The van der Waals surface area contributed by atoms with E-state index in [1.807, 2.05) is 24.3 Å². The number of ketones is 1. The van der Waals surface area contributed by atoms with Crippen LogP contribution in [0.2, 0.25) is 5.02 Å². The predicted octanol–water partition coefficient (Wildman–Crippen LogP) is 2.72. The van der Waals surface area contributed by atoms with Crippen LogP contribution in [0.5, 0.6) is 0 Å². The van der Waals surface area contributed by atoms with Gasteiger partial charge in [0.2, 0.25) is 5.91 Å². The van der Waals surface area contributed by atoms with Gasteiger partial charge in [0.1, 0.15) is 0 Å². The number of carbonyl (C=O) groups is 2. The SMILES string of the molecule is O=C(Cc1ccccc1Cl)NCC(=O)c1ccc(N2CCOCC2)cc1. The summed E-state index contributed by atoms with van der Waals surface area (Å²) in [5.41, 5.74) is 2.40. The molecule has 2 aromatic rings. The summed E-state index contributed by atoms with van der Waals surface area (Å²) in [5.74, 6) is -0.345. The summed E-state index contributed by atoms with van der Waals surface area (Å²) in [6.07, 6.45) is 0.156. The van der Waals surface area contributed by atoms with Gasteiger partial charge in [0.15, 0.2) is 5.78 Å². The third-order valence-corrected chi connectivity index (χ3v) is 4.69. The van der Waals surface area contributed by atoms with Crippen LogP contribution in [0, 0.1) is 0 Å². The number of rotatable bonds is 6. The Morgan fingerprint density at radius 1 is 1.04 bits per heavy atom. The minimum atomic E-state index is -0.226. The van der Waals surface area contributed by atoms with Crippen LogP contribution in [0.1, 0.15) is 15.9 Å². The van der Waals surface area contributed by atoms with Crippen LogP contribution in [-0.2, 0) is 16.0 Å². The number of carbonyl (C=O) groups excluding carboxylic acids is 2. The number of anilines is 1. The van der Waals surface area contributed by atoms with Gasteiger partial charge in [-0.1, -0.05) is 29.8 Å². The van der Waals surface area contributed by atoms with Gasteiger partial charge in [0, 0.05) is 29.4 Å². The minimum absolute atomic E-state index is 0.0276. The molecule has 1 aliphatic rings. The molecular formula is C20H21ClN2O3. The van der Waals surface area contributed by atoms with E-state index in [2.05, 4.69) is 10.2 Å². The zero-order valence-corrected chi connectivity index (χ0v) is 15.2. The monoisotopic (exact) mass is 372 g/mol. The molecule has 136 valence electrons. The first-order valence-electron chi connectivity index (χ1n) is 8.59. The molecule has 0 aliphatic carbocycles. The number of Topliss-reactive ketones (excluding diaryl/α,β-unsaturated/α-hetero) is 1. The average Bonchev–Trinajstić information content (AvgIpc) is 2.69. The molecule has 1 saturated heterocycles. The van der Waals surface area contributed by atoms with Crippen LogP contribution in [-0.4, -0.2) is 44.5 Å². The molecule has 1 fully saturated rings. The van der Waals surface area contributed by atoms with Gasteiger partial charge in [0.25, 0.3) is 0 Å². The van der Waals surface area contributed by atoms with Crippen LogP contribution in [0.4, 0.5) is 5.69 Å². The van der Waals surface area contributed by atoms with Gasteiger partial charge in [-0.05, 0) is 35.9 Å². The first-order chi connectivity index (χ1) is 12.6. The number of nitrogens with zero attached hydrogens (tertiary/aromatic N) is 1. The van der Waals surface area contributed by atoms with E-state index in [1.165, 1.54) is 0 Å². The van der Waals surface area contributed by atoms with E-state index >= 15 is 0 Å². The molecule has 2 aromatic carbocycles. The molecule has 0 unspecified atom stereocenters. The molecule has 5 nitrogen and oxygen atoms in total. The Bertz CT molecular complexity index is 771. The van der Waals surface area contributed by atoms with Crippen LogP contribution in [0.15, 0.2) is 48.5 Å². The van der Waals surface area contributed by atoms with Crippen molar-refractivity contribution in [3.8, 4) is 0 Å². The molecule has 0 aromatic heterocycles. The summed E-state index contributed by atoms with van der Waals surface area (Å²) in [6, 6.07) is 14.7. The molecule has 0 saturated carbocycles. The highest BCUT2D eigenvalue weighted by molar-refractivity contribution is 6.31. The van der Waals surface area contributed by atoms with Crippen molar-refractivity contribution in [3.05, 3.63) is 64.7 Å². The summed E-state index contributed by atoms with van der Waals surface area (Å²) in [4.78, 5) is 26.5. The highest BCUT2D eigenvalue weighted by Gasteiger charge is 2.13. The normalized spacial score (nSPS) is 14.1. The summed E-state index contributed by atoms with van der Waals surface area (Å²) in [6.45, 7) is 3.12. The Labute approximate surface area is 157 Å². The van der Waals surface area contributed by atoms with Crippen molar-refractivity contribution in [2.45, 2.75) is 6.42 Å². The number of halogens is 1. The minimum Gasteiger partial charge on any atom is -0.378 e. The van der Waals surface area contributed by atoms with Gasteiger partial charge < -0.3 is 15.0 Å². The highest BCUT2D eigenvalue weighted by Crippen LogP contribution is 2.17. The molecule has 26 heavy (non-hydrogen) atoms. The van der Waals surface area contributed by atoms with Crippen molar-refractivity contribution in [3.63, 3.8) is 0 Å². The van der Waals surface area contributed by atoms with Gasteiger partial charge >= 0.3 is 0 Å². The number of amides is 1. The first-order valence-corrected chi connectivity index (χ1v) is 8.97. The second kappa shape index (κ2) is 8.83. The number of ether oxygens (including phenoxy) is 1. The quantitative estimate of drug-likeness (QED) is 0.792. The predicted molar refractivity (Wildman–Crippen MR) is 102 cm³/mol. The fourth-order valence-corrected chi connectivity index (χ4v) is 3.04. The lowest BCUT2D eigenvalue weighted by atomic mass is 10.1. The lowest BCUT2D eigenvalue weighted by Gasteiger charge is -2.28. The number of nitrogens with one attached hydrogen (secondary N) is 1. The van der Waals surface area contributed by atoms with E-state index in [0.717, 1.165) is 37.6 Å². The van der Waals surface area contributed by atoms with E-state index in [0.29, 0.717) is 10.6 Å². The maximum atomic E-state index is 12.3. The molecule has 0 bridgehead atoms. The Morgan fingerprint density at radius 3 is 2.42 bits per heavy atom. The van der Waals surface area contributed by atoms with E-state index in [9.17, 15) is 9.59 Å². The lowest BCUT2D eigenvalue weighted by Crippen LogP contribution is -2.36. The van der Waals surface area contributed by atoms with E-state index < -0.39 is 0 Å². The van der Waals surface area contributed by atoms with Gasteiger partial charge in [-0.15, -0.1) is 0 Å². The van der Waals surface area contributed by atoms with Gasteiger partial charge in [-0.2, -0.15) is 0 Å². The van der Waals surface area contributed by atoms with E-state index in [4.69, 9.17) is 16.3 Å². The Kier molecular flexibility index (Phi) is 6.26. The largest absolute Gasteiger partial charge is 0.378 e. The standard InChI is InChI=1S/C20H21ClN2O3/c21-18-4-2-1-3-16(18)13-20(25)22-14-19(24)15-5-7-17(8-6-15)23-9-11-26-12-10-23/h1-8H,9-14H2,(H,22,25). The molecule has 0 radical (unpaired) electrons. The Hall–Kier alpha value is -2.37. The van der Waals surface area contributed by atoms with Crippen molar-refractivity contribution < 1.29 is 14.3 Å². The average molecular weight is 373 g/mol. The van der Waals surface area contributed by atoms with Crippen molar-refractivity contribution >= 4 is 29.0 Å². The first kappa shape index (κ1) is 18.4. The Morgan fingerprint density at radius 2 is 1.73 bits per heavy atom. The third kappa shape index (κ3) is 4.84. The number of morpholine rings is 1. The topological polar surface area (TPSA) is 58.6 Å². The molecule has 3 rings (SSSR count). The maximum Gasteiger partial charge on any atom is 0.224 e. The second-order valence-electron chi connectivity index (χ2n) is 6.11. The van der Waals surface area contributed by atoms with Crippen molar-refractivity contribution in [1.29, 1.82) is 0 Å².